The number of pyridine rings is 1. The molecule has 0 spiro atoms. The van der Waals surface area contributed by atoms with E-state index in [1.54, 1.807) is 24.3 Å². The zero-order chi connectivity index (χ0) is 13.0. The SMILES string of the molecule is COc1cccc(COc2ccc(N)cc2F)n1. The largest absolute Gasteiger partial charge is 0.484 e. The predicted octanol–water partition coefficient (Wildman–Crippen LogP) is 2.39. The maximum absolute atomic E-state index is 13.4. The Hall–Kier alpha value is -2.30. The number of aromatic nitrogens is 1. The highest BCUT2D eigenvalue weighted by Crippen LogP contribution is 2.20. The van der Waals surface area contributed by atoms with Crippen LogP contribution in [0.5, 0.6) is 11.6 Å². The maximum Gasteiger partial charge on any atom is 0.213 e. The highest BCUT2D eigenvalue weighted by Gasteiger charge is 2.05. The van der Waals surface area contributed by atoms with E-state index >= 15 is 0 Å². The first-order chi connectivity index (χ1) is 8.69. The van der Waals surface area contributed by atoms with Crippen LogP contribution in [0.15, 0.2) is 36.4 Å². The lowest BCUT2D eigenvalue weighted by molar-refractivity contribution is 0.283. The zero-order valence-electron chi connectivity index (χ0n) is 9.89. The van der Waals surface area contributed by atoms with Crippen LogP contribution in [-0.4, -0.2) is 12.1 Å². The number of hydrogen-bond acceptors (Lipinski definition) is 4. The van der Waals surface area contributed by atoms with Crippen molar-refractivity contribution in [2.24, 2.45) is 0 Å². The molecule has 2 N–H and O–H groups in total. The number of nitrogens with zero attached hydrogens (tertiary/aromatic N) is 1. The molecule has 1 aromatic heterocycles. The van der Waals surface area contributed by atoms with Crippen molar-refractivity contribution in [1.29, 1.82) is 0 Å². The minimum absolute atomic E-state index is 0.147. The molecule has 0 amide bonds. The van der Waals surface area contributed by atoms with Crippen LogP contribution in [0, 0.1) is 5.82 Å². The molecule has 0 aliphatic heterocycles. The molecule has 5 heteroatoms. The lowest BCUT2D eigenvalue weighted by Crippen LogP contribution is -2.01. The van der Waals surface area contributed by atoms with Crippen molar-refractivity contribution < 1.29 is 13.9 Å². The first kappa shape index (κ1) is 12.2. The van der Waals surface area contributed by atoms with E-state index in [-0.39, 0.29) is 12.4 Å². The Labute approximate surface area is 104 Å². The van der Waals surface area contributed by atoms with Crippen LogP contribution in [0.2, 0.25) is 0 Å². The zero-order valence-corrected chi connectivity index (χ0v) is 9.89. The third kappa shape index (κ3) is 2.88. The van der Waals surface area contributed by atoms with Crippen LogP contribution in [-0.2, 0) is 6.61 Å². The van der Waals surface area contributed by atoms with Gasteiger partial charge in [0.05, 0.1) is 12.8 Å². The third-order valence-electron chi connectivity index (χ3n) is 2.32. The summed E-state index contributed by atoms with van der Waals surface area (Å²) in [6.45, 7) is 0.165. The lowest BCUT2D eigenvalue weighted by Gasteiger charge is -2.08. The number of ether oxygens (including phenoxy) is 2. The summed E-state index contributed by atoms with van der Waals surface area (Å²) in [7, 11) is 1.53. The van der Waals surface area contributed by atoms with Gasteiger partial charge in [-0.1, -0.05) is 6.07 Å². The maximum atomic E-state index is 13.4. The summed E-state index contributed by atoms with van der Waals surface area (Å²) >= 11 is 0. The summed E-state index contributed by atoms with van der Waals surface area (Å²) in [6, 6.07) is 9.59. The highest BCUT2D eigenvalue weighted by atomic mass is 19.1. The van der Waals surface area contributed by atoms with Crippen LogP contribution < -0.4 is 15.2 Å². The first-order valence-corrected chi connectivity index (χ1v) is 5.37. The van der Waals surface area contributed by atoms with Crippen molar-refractivity contribution in [2.45, 2.75) is 6.61 Å². The molecule has 0 aliphatic rings. The van der Waals surface area contributed by atoms with E-state index in [0.29, 0.717) is 17.3 Å². The van der Waals surface area contributed by atoms with E-state index in [0.717, 1.165) is 0 Å². The molecule has 94 valence electrons. The van der Waals surface area contributed by atoms with Crippen molar-refractivity contribution in [2.75, 3.05) is 12.8 Å². The van der Waals surface area contributed by atoms with Crippen LogP contribution >= 0.6 is 0 Å². The molecule has 2 rings (SSSR count). The van der Waals surface area contributed by atoms with Crippen molar-refractivity contribution in [3.8, 4) is 11.6 Å². The van der Waals surface area contributed by atoms with Gasteiger partial charge in [-0.3, -0.25) is 0 Å². The molecule has 2 aromatic rings. The average Bonchev–Trinajstić information content (AvgIpc) is 2.38. The summed E-state index contributed by atoms with van der Waals surface area (Å²) in [5.74, 6) is 0.153. The molecule has 0 fully saturated rings. The van der Waals surface area contributed by atoms with Crippen molar-refractivity contribution in [3.05, 3.63) is 47.9 Å². The summed E-state index contributed by atoms with van der Waals surface area (Å²) in [5, 5.41) is 0. The number of nitrogen functional groups attached to an aromatic ring is 1. The smallest absolute Gasteiger partial charge is 0.213 e. The van der Waals surface area contributed by atoms with Gasteiger partial charge in [-0.15, -0.1) is 0 Å². The standard InChI is InChI=1S/C13H13FN2O2/c1-17-13-4-2-3-10(16-13)8-18-12-6-5-9(15)7-11(12)14/h2-7H,8,15H2,1H3. The lowest BCUT2D eigenvalue weighted by atomic mass is 10.3. The normalized spacial score (nSPS) is 10.1. The van der Waals surface area contributed by atoms with Gasteiger partial charge in [-0.05, 0) is 18.2 Å². The minimum atomic E-state index is -0.488. The molecule has 18 heavy (non-hydrogen) atoms. The summed E-state index contributed by atoms with van der Waals surface area (Å²) in [6.07, 6.45) is 0. The molecule has 0 aliphatic carbocycles. The van der Waals surface area contributed by atoms with Gasteiger partial charge >= 0.3 is 0 Å². The van der Waals surface area contributed by atoms with Crippen LogP contribution in [0.3, 0.4) is 0 Å². The van der Waals surface area contributed by atoms with E-state index < -0.39 is 5.82 Å². The molecule has 0 radical (unpaired) electrons. The summed E-state index contributed by atoms with van der Waals surface area (Å²) in [4.78, 5) is 4.16. The van der Waals surface area contributed by atoms with E-state index in [1.165, 1.54) is 19.2 Å². The Balaban J connectivity index is 2.06. The highest BCUT2D eigenvalue weighted by molar-refractivity contribution is 5.42. The molecule has 0 saturated heterocycles. The Morgan fingerprint density at radius 3 is 2.83 bits per heavy atom. The Kier molecular flexibility index (Phi) is 3.62. The number of nitrogens with two attached hydrogens (primary N) is 1. The molecule has 0 saturated carbocycles. The molecule has 4 nitrogen and oxygen atoms in total. The third-order valence-corrected chi connectivity index (χ3v) is 2.32. The number of halogens is 1. The second kappa shape index (κ2) is 5.35. The van der Waals surface area contributed by atoms with Crippen molar-refractivity contribution in [3.63, 3.8) is 0 Å². The molecule has 0 atom stereocenters. The van der Waals surface area contributed by atoms with Crippen molar-refractivity contribution in [1.82, 2.24) is 4.98 Å². The van der Waals surface area contributed by atoms with E-state index in [9.17, 15) is 4.39 Å². The topological polar surface area (TPSA) is 57.4 Å². The minimum Gasteiger partial charge on any atom is -0.484 e. The Bertz CT molecular complexity index is 546. The first-order valence-electron chi connectivity index (χ1n) is 5.37. The number of hydrogen-bond donors (Lipinski definition) is 1. The molecular formula is C13H13FN2O2. The number of benzene rings is 1. The van der Waals surface area contributed by atoms with Gasteiger partial charge in [0.15, 0.2) is 11.6 Å². The Morgan fingerprint density at radius 2 is 2.11 bits per heavy atom. The van der Waals surface area contributed by atoms with E-state index in [4.69, 9.17) is 15.2 Å². The second-order valence-corrected chi connectivity index (χ2v) is 3.65. The summed E-state index contributed by atoms with van der Waals surface area (Å²) in [5.41, 5.74) is 6.47. The van der Waals surface area contributed by atoms with E-state index in [2.05, 4.69) is 4.98 Å². The van der Waals surface area contributed by atoms with Crippen LogP contribution in [0.4, 0.5) is 10.1 Å². The predicted molar refractivity (Wildman–Crippen MR) is 65.9 cm³/mol. The molecule has 0 unspecified atom stereocenters. The average molecular weight is 248 g/mol. The fraction of sp³-hybridized carbons (Fsp3) is 0.154. The Morgan fingerprint density at radius 1 is 1.28 bits per heavy atom. The van der Waals surface area contributed by atoms with Gasteiger partial charge < -0.3 is 15.2 Å². The van der Waals surface area contributed by atoms with Gasteiger partial charge in [-0.25, -0.2) is 9.37 Å². The van der Waals surface area contributed by atoms with Gasteiger partial charge in [0, 0.05) is 17.8 Å². The molecule has 1 heterocycles. The van der Waals surface area contributed by atoms with Gasteiger partial charge in [-0.2, -0.15) is 0 Å². The fourth-order valence-electron chi connectivity index (χ4n) is 1.44. The second-order valence-electron chi connectivity index (χ2n) is 3.65. The molecule has 1 aromatic carbocycles. The monoisotopic (exact) mass is 248 g/mol. The molecular weight excluding hydrogens is 235 g/mol. The number of methoxy groups -OCH3 is 1. The van der Waals surface area contributed by atoms with Crippen LogP contribution in [0.1, 0.15) is 5.69 Å². The summed E-state index contributed by atoms with van der Waals surface area (Å²) < 4.78 is 23.8. The quantitative estimate of drug-likeness (QED) is 0.844. The van der Waals surface area contributed by atoms with Gasteiger partial charge in [0.1, 0.15) is 6.61 Å². The number of rotatable bonds is 4. The van der Waals surface area contributed by atoms with Crippen molar-refractivity contribution >= 4 is 5.69 Å². The van der Waals surface area contributed by atoms with E-state index in [1.807, 2.05) is 0 Å². The van der Waals surface area contributed by atoms with Gasteiger partial charge in [0.2, 0.25) is 5.88 Å². The molecule has 0 bridgehead atoms. The van der Waals surface area contributed by atoms with Crippen LogP contribution in [0.25, 0.3) is 0 Å². The fourth-order valence-corrected chi connectivity index (χ4v) is 1.44. The number of anilines is 1. The van der Waals surface area contributed by atoms with Gasteiger partial charge in [0.25, 0.3) is 0 Å².